The number of nitrogens with one attached hydrogen (secondary N) is 1. The molecule has 0 amide bonds. The van der Waals surface area contributed by atoms with Gasteiger partial charge >= 0.3 is 0 Å². The third kappa shape index (κ3) is 2.49. The molecular formula is C20H22N6. The molecule has 0 bridgehead atoms. The molecule has 1 saturated heterocycles. The van der Waals surface area contributed by atoms with Gasteiger partial charge in [0.05, 0.1) is 11.0 Å². The van der Waals surface area contributed by atoms with Gasteiger partial charge in [0.2, 0.25) is 5.95 Å². The van der Waals surface area contributed by atoms with Crippen molar-refractivity contribution in [2.24, 2.45) is 10.7 Å². The topological polar surface area (TPSA) is 71.5 Å². The van der Waals surface area contributed by atoms with Crippen LogP contribution in [0.15, 0.2) is 53.5 Å². The number of benzene rings is 2. The van der Waals surface area contributed by atoms with Crippen LogP contribution in [0.4, 0.5) is 11.6 Å². The summed E-state index contributed by atoms with van der Waals surface area (Å²) in [6.07, 6.45) is 3.70. The SMILES string of the molecule is NC1=N[C@@H](c2ccc(N3CCCCC3)cc2)n2c(nc3ccccc32)N1. The minimum absolute atomic E-state index is 0.200. The van der Waals surface area contributed by atoms with Crippen molar-refractivity contribution in [2.45, 2.75) is 25.4 Å². The summed E-state index contributed by atoms with van der Waals surface area (Å²) in [6, 6.07) is 16.8. The summed E-state index contributed by atoms with van der Waals surface area (Å²) in [4.78, 5) is 11.8. The van der Waals surface area contributed by atoms with E-state index in [9.17, 15) is 0 Å². The maximum Gasteiger partial charge on any atom is 0.212 e. The first-order valence-corrected chi connectivity index (χ1v) is 9.22. The number of rotatable bonds is 2. The summed E-state index contributed by atoms with van der Waals surface area (Å²) in [5, 5.41) is 3.08. The van der Waals surface area contributed by atoms with Crippen LogP contribution >= 0.6 is 0 Å². The second-order valence-corrected chi connectivity index (χ2v) is 6.95. The number of para-hydroxylation sites is 2. The lowest BCUT2D eigenvalue weighted by atomic mass is 10.1. The Bertz CT molecular complexity index is 966. The van der Waals surface area contributed by atoms with Crippen molar-refractivity contribution in [3.63, 3.8) is 0 Å². The van der Waals surface area contributed by atoms with Gasteiger partial charge in [0.1, 0.15) is 0 Å². The van der Waals surface area contributed by atoms with Crippen LogP contribution in [0, 0.1) is 0 Å². The summed E-state index contributed by atoms with van der Waals surface area (Å²) < 4.78 is 2.11. The molecule has 1 aromatic heterocycles. The van der Waals surface area contributed by atoms with E-state index < -0.39 is 0 Å². The van der Waals surface area contributed by atoms with Crippen molar-refractivity contribution in [3.8, 4) is 0 Å². The Labute approximate surface area is 152 Å². The third-order valence-corrected chi connectivity index (χ3v) is 5.25. The van der Waals surface area contributed by atoms with Crippen molar-refractivity contribution >= 4 is 28.6 Å². The largest absolute Gasteiger partial charge is 0.372 e. The summed E-state index contributed by atoms with van der Waals surface area (Å²) >= 11 is 0. The second kappa shape index (κ2) is 6.05. The Hall–Kier alpha value is -3.02. The van der Waals surface area contributed by atoms with E-state index in [2.05, 4.69) is 55.1 Å². The highest BCUT2D eigenvalue weighted by atomic mass is 15.4. The van der Waals surface area contributed by atoms with E-state index in [0.29, 0.717) is 5.96 Å². The second-order valence-electron chi connectivity index (χ2n) is 6.95. The monoisotopic (exact) mass is 346 g/mol. The molecule has 5 rings (SSSR count). The lowest BCUT2D eigenvalue weighted by Gasteiger charge is -2.29. The molecule has 0 saturated carbocycles. The van der Waals surface area contributed by atoms with Gasteiger partial charge in [-0.2, -0.15) is 0 Å². The average Bonchev–Trinajstić information content (AvgIpc) is 3.06. The molecule has 3 heterocycles. The lowest BCUT2D eigenvalue weighted by molar-refractivity contribution is 0.577. The fourth-order valence-corrected chi connectivity index (χ4v) is 3.95. The third-order valence-electron chi connectivity index (χ3n) is 5.25. The summed E-state index contributed by atoms with van der Waals surface area (Å²) in [7, 11) is 0. The fourth-order valence-electron chi connectivity index (χ4n) is 3.95. The molecule has 0 spiro atoms. The number of nitrogens with zero attached hydrogens (tertiary/aromatic N) is 4. The molecule has 2 aliphatic rings. The molecule has 132 valence electrons. The number of nitrogens with two attached hydrogens (primary N) is 1. The van der Waals surface area contributed by atoms with Gasteiger partial charge in [-0.25, -0.2) is 9.98 Å². The molecule has 0 radical (unpaired) electrons. The molecule has 1 fully saturated rings. The van der Waals surface area contributed by atoms with Crippen LogP contribution in [0.25, 0.3) is 11.0 Å². The number of guanidine groups is 1. The van der Waals surface area contributed by atoms with Gasteiger partial charge in [-0.1, -0.05) is 24.3 Å². The van der Waals surface area contributed by atoms with Gasteiger partial charge in [0.15, 0.2) is 12.1 Å². The van der Waals surface area contributed by atoms with E-state index in [0.717, 1.165) is 35.6 Å². The van der Waals surface area contributed by atoms with Gasteiger partial charge in [0, 0.05) is 18.8 Å². The maximum atomic E-state index is 6.02. The highest BCUT2D eigenvalue weighted by Crippen LogP contribution is 2.33. The molecule has 6 heteroatoms. The van der Waals surface area contributed by atoms with Crippen LogP contribution in [0.2, 0.25) is 0 Å². The van der Waals surface area contributed by atoms with Crippen molar-refractivity contribution in [1.82, 2.24) is 9.55 Å². The van der Waals surface area contributed by atoms with Gasteiger partial charge < -0.3 is 10.6 Å². The molecule has 2 aliphatic heterocycles. The number of hydrogen-bond acceptors (Lipinski definition) is 5. The standard InChI is InChI=1S/C20H22N6/c21-19-23-18(26-17-7-3-2-6-16(17)22-20(26)24-19)14-8-10-15(11-9-14)25-12-4-1-5-13-25/h2-3,6-11,18H,1,4-5,12-13H2,(H3,21,22,23,24)/t18-/m1/s1. The van der Waals surface area contributed by atoms with E-state index >= 15 is 0 Å². The minimum atomic E-state index is -0.200. The zero-order valence-electron chi connectivity index (χ0n) is 14.6. The molecule has 0 aliphatic carbocycles. The van der Waals surface area contributed by atoms with E-state index in [-0.39, 0.29) is 6.17 Å². The average molecular weight is 346 g/mol. The zero-order valence-corrected chi connectivity index (χ0v) is 14.6. The van der Waals surface area contributed by atoms with E-state index in [1.54, 1.807) is 0 Å². The normalized spacial score (nSPS) is 19.8. The van der Waals surface area contributed by atoms with E-state index in [4.69, 9.17) is 5.73 Å². The van der Waals surface area contributed by atoms with Crippen LogP contribution < -0.4 is 16.0 Å². The zero-order chi connectivity index (χ0) is 17.5. The molecule has 26 heavy (non-hydrogen) atoms. The van der Waals surface area contributed by atoms with Crippen molar-refractivity contribution in [2.75, 3.05) is 23.3 Å². The van der Waals surface area contributed by atoms with Crippen LogP contribution in [-0.2, 0) is 0 Å². The van der Waals surface area contributed by atoms with E-state index in [1.165, 1.54) is 24.9 Å². The first kappa shape index (κ1) is 15.3. The molecule has 3 N–H and O–H groups in total. The Morgan fingerprint density at radius 3 is 2.54 bits per heavy atom. The number of imidazole rings is 1. The first-order valence-electron chi connectivity index (χ1n) is 9.22. The van der Waals surface area contributed by atoms with Crippen molar-refractivity contribution < 1.29 is 0 Å². The number of hydrogen-bond donors (Lipinski definition) is 2. The van der Waals surface area contributed by atoms with Crippen LogP contribution in [0.5, 0.6) is 0 Å². The highest BCUT2D eigenvalue weighted by Gasteiger charge is 2.25. The lowest BCUT2D eigenvalue weighted by Crippen LogP contribution is -2.31. The van der Waals surface area contributed by atoms with Crippen LogP contribution in [-0.4, -0.2) is 28.6 Å². The number of anilines is 2. The summed E-state index contributed by atoms with van der Waals surface area (Å²) in [6.45, 7) is 2.29. The molecule has 6 nitrogen and oxygen atoms in total. The van der Waals surface area contributed by atoms with Crippen LogP contribution in [0.3, 0.4) is 0 Å². The quantitative estimate of drug-likeness (QED) is 0.747. The molecule has 2 aromatic carbocycles. The summed E-state index contributed by atoms with van der Waals surface area (Å²) in [5.74, 6) is 1.14. The predicted molar refractivity (Wildman–Crippen MR) is 106 cm³/mol. The first-order chi connectivity index (χ1) is 12.8. The molecule has 1 atom stereocenters. The Kier molecular flexibility index (Phi) is 3.55. The van der Waals surface area contributed by atoms with Gasteiger partial charge in [0.25, 0.3) is 0 Å². The minimum Gasteiger partial charge on any atom is -0.372 e. The van der Waals surface area contributed by atoms with Crippen LogP contribution in [0.1, 0.15) is 31.0 Å². The Balaban J connectivity index is 1.54. The van der Waals surface area contributed by atoms with E-state index in [1.807, 2.05) is 18.2 Å². The van der Waals surface area contributed by atoms with Gasteiger partial charge in [-0.15, -0.1) is 0 Å². The molecule has 3 aromatic rings. The fraction of sp³-hybridized carbons (Fsp3) is 0.300. The Morgan fingerprint density at radius 1 is 0.962 bits per heavy atom. The summed E-state index contributed by atoms with van der Waals surface area (Å²) in [5.41, 5.74) is 10.4. The number of aromatic nitrogens is 2. The predicted octanol–water partition coefficient (Wildman–Crippen LogP) is 3.31. The van der Waals surface area contributed by atoms with Gasteiger partial charge in [-0.05, 0) is 49.1 Å². The number of piperidine rings is 1. The Morgan fingerprint density at radius 2 is 1.73 bits per heavy atom. The maximum absolute atomic E-state index is 6.02. The van der Waals surface area contributed by atoms with Gasteiger partial charge in [-0.3, -0.25) is 9.88 Å². The molecule has 0 unspecified atom stereocenters. The highest BCUT2D eigenvalue weighted by molar-refractivity contribution is 5.94. The van der Waals surface area contributed by atoms with Crippen molar-refractivity contribution in [1.29, 1.82) is 0 Å². The van der Waals surface area contributed by atoms with Crippen molar-refractivity contribution in [3.05, 3.63) is 54.1 Å². The number of aliphatic imine (C=N–C) groups is 1. The smallest absolute Gasteiger partial charge is 0.212 e. The molecular weight excluding hydrogens is 324 g/mol. The number of fused-ring (bicyclic) bond motifs is 3.